The zero-order valence-corrected chi connectivity index (χ0v) is 7.53. The molecule has 1 saturated heterocycles. The van der Waals surface area contributed by atoms with Gasteiger partial charge in [0, 0.05) is 13.0 Å². The van der Waals surface area contributed by atoms with E-state index >= 15 is 0 Å². The second kappa shape index (κ2) is 3.38. The number of hydrogen-bond acceptors (Lipinski definition) is 3. The first-order valence-electron chi connectivity index (χ1n) is 4.37. The van der Waals surface area contributed by atoms with Gasteiger partial charge in [-0.05, 0) is 18.2 Å². The highest BCUT2D eigenvalue weighted by atomic mass is 16.2. The van der Waals surface area contributed by atoms with E-state index in [9.17, 15) is 4.79 Å². The van der Waals surface area contributed by atoms with Crippen molar-refractivity contribution in [1.29, 1.82) is 5.26 Å². The average molecular weight is 187 g/mol. The Bertz CT molecular complexity index is 408. The summed E-state index contributed by atoms with van der Waals surface area (Å²) >= 11 is 0. The Morgan fingerprint density at radius 2 is 2.36 bits per heavy atom. The van der Waals surface area contributed by atoms with Gasteiger partial charge in [0.15, 0.2) is 0 Å². The molecule has 1 aliphatic rings. The summed E-state index contributed by atoms with van der Waals surface area (Å²) in [6, 6.07) is 9.23. The third kappa shape index (κ3) is 1.52. The summed E-state index contributed by atoms with van der Waals surface area (Å²) < 4.78 is 0. The summed E-state index contributed by atoms with van der Waals surface area (Å²) in [7, 11) is 0. The summed E-state index contributed by atoms with van der Waals surface area (Å²) in [5.41, 5.74) is 4.16. The highest BCUT2D eigenvalue weighted by molar-refractivity contribution is 5.81. The minimum Gasteiger partial charge on any atom is -0.285 e. The molecule has 0 radical (unpaired) electrons. The largest absolute Gasteiger partial charge is 0.285 e. The van der Waals surface area contributed by atoms with Crippen molar-refractivity contribution < 1.29 is 4.79 Å². The summed E-state index contributed by atoms with van der Waals surface area (Å²) in [6.45, 7) is 0.660. The number of hydrogen-bond donors (Lipinski definition) is 1. The van der Waals surface area contributed by atoms with E-state index in [0.29, 0.717) is 18.5 Å². The topological polar surface area (TPSA) is 56.1 Å². The number of anilines is 1. The molecule has 1 aliphatic heterocycles. The number of nitrogens with one attached hydrogen (secondary N) is 1. The first-order chi connectivity index (χ1) is 6.79. The van der Waals surface area contributed by atoms with Crippen molar-refractivity contribution in [2.24, 2.45) is 0 Å². The van der Waals surface area contributed by atoms with Crippen LogP contribution in [0.1, 0.15) is 12.0 Å². The number of nitriles is 1. The number of rotatable bonds is 1. The molecule has 14 heavy (non-hydrogen) atoms. The van der Waals surface area contributed by atoms with E-state index in [1.165, 1.54) is 0 Å². The van der Waals surface area contributed by atoms with Crippen LogP contribution in [0.2, 0.25) is 0 Å². The molecule has 1 N–H and O–H groups in total. The van der Waals surface area contributed by atoms with E-state index < -0.39 is 0 Å². The Kier molecular flexibility index (Phi) is 2.07. The van der Waals surface area contributed by atoms with E-state index in [-0.39, 0.29) is 5.91 Å². The summed E-state index contributed by atoms with van der Waals surface area (Å²) in [6.07, 6.45) is 0.511. The minimum atomic E-state index is 0.0207. The van der Waals surface area contributed by atoms with Crippen molar-refractivity contribution in [1.82, 2.24) is 5.43 Å². The van der Waals surface area contributed by atoms with Gasteiger partial charge in [0.25, 0.3) is 0 Å². The predicted molar refractivity (Wildman–Crippen MR) is 51.3 cm³/mol. The third-order valence-electron chi connectivity index (χ3n) is 2.11. The van der Waals surface area contributed by atoms with Gasteiger partial charge in [-0.3, -0.25) is 15.2 Å². The Hall–Kier alpha value is -2.02. The molecule has 70 valence electrons. The first kappa shape index (κ1) is 8.57. The van der Waals surface area contributed by atoms with Crippen molar-refractivity contribution in [2.45, 2.75) is 6.42 Å². The first-order valence-corrected chi connectivity index (χ1v) is 4.37. The van der Waals surface area contributed by atoms with Crippen LogP contribution in [0.3, 0.4) is 0 Å². The number of benzene rings is 1. The van der Waals surface area contributed by atoms with Gasteiger partial charge in [0.1, 0.15) is 0 Å². The van der Waals surface area contributed by atoms with Crippen molar-refractivity contribution in [2.75, 3.05) is 11.6 Å². The Morgan fingerprint density at radius 1 is 1.50 bits per heavy atom. The lowest BCUT2D eigenvalue weighted by Gasteiger charge is -2.16. The van der Waals surface area contributed by atoms with Crippen LogP contribution in [0.15, 0.2) is 24.3 Å². The second-order valence-corrected chi connectivity index (χ2v) is 3.10. The quantitative estimate of drug-likeness (QED) is 0.707. The molecule has 1 amide bonds. The highest BCUT2D eigenvalue weighted by Crippen LogP contribution is 2.16. The van der Waals surface area contributed by atoms with Crippen LogP contribution in [0.4, 0.5) is 5.69 Å². The maximum absolute atomic E-state index is 11.0. The van der Waals surface area contributed by atoms with Gasteiger partial charge in [-0.15, -0.1) is 0 Å². The number of nitrogens with zero attached hydrogens (tertiary/aromatic N) is 2. The van der Waals surface area contributed by atoms with Crippen molar-refractivity contribution in [3.05, 3.63) is 29.8 Å². The number of carbonyl (C=O) groups is 1. The fourth-order valence-corrected chi connectivity index (χ4v) is 1.41. The Morgan fingerprint density at radius 3 is 3.00 bits per heavy atom. The van der Waals surface area contributed by atoms with Crippen LogP contribution in [0.25, 0.3) is 0 Å². The molecule has 0 atom stereocenters. The average Bonchev–Trinajstić information content (AvgIpc) is 2.65. The smallest absolute Gasteiger partial charge is 0.240 e. The third-order valence-corrected chi connectivity index (χ3v) is 2.11. The van der Waals surface area contributed by atoms with Gasteiger partial charge in [-0.2, -0.15) is 5.26 Å². The molecule has 0 spiro atoms. The van der Waals surface area contributed by atoms with E-state index in [2.05, 4.69) is 11.5 Å². The molecule has 1 aromatic rings. The van der Waals surface area contributed by atoms with Crippen LogP contribution in [-0.2, 0) is 4.79 Å². The molecule has 0 aliphatic carbocycles. The minimum absolute atomic E-state index is 0.0207. The lowest BCUT2D eigenvalue weighted by Crippen LogP contribution is -2.32. The lowest BCUT2D eigenvalue weighted by atomic mass is 10.2. The molecule has 1 fully saturated rings. The zero-order valence-electron chi connectivity index (χ0n) is 7.53. The van der Waals surface area contributed by atoms with Crippen LogP contribution in [0, 0.1) is 11.3 Å². The van der Waals surface area contributed by atoms with Gasteiger partial charge < -0.3 is 0 Å². The summed E-state index contributed by atoms with van der Waals surface area (Å²) in [4.78, 5) is 11.0. The summed E-state index contributed by atoms with van der Waals surface area (Å²) in [5, 5.41) is 10.5. The standard InChI is InChI=1S/C10H9N3O/c11-7-8-2-1-3-9(6-8)13-5-4-10(14)12-13/h1-3,6H,4-5H2,(H,12,14). The van der Waals surface area contributed by atoms with Crippen LogP contribution in [0.5, 0.6) is 0 Å². The molecule has 1 aromatic carbocycles. The number of amides is 1. The molecular weight excluding hydrogens is 178 g/mol. The van der Waals surface area contributed by atoms with Crippen molar-refractivity contribution in [3.8, 4) is 6.07 Å². The van der Waals surface area contributed by atoms with Crippen molar-refractivity contribution in [3.63, 3.8) is 0 Å². The van der Waals surface area contributed by atoms with E-state index in [1.54, 1.807) is 23.2 Å². The maximum atomic E-state index is 11.0. The van der Waals surface area contributed by atoms with Crippen LogP contribution < -0.4 is 10.4 Å². The Balaban J connectivity index is 2.24. The summed E-state index contributed by atoms with van der Waals surface area (Å²) in [5.74, 6) is 0.0207. The van der Waals surface area contributed by atoms with E-state index in [1.807, 2.05) is 6.07 Å². The molecule has 0 unspecified atom stereocenters. The molecule has 0 saturated carbocycles. The maximum Gasteiger partial charge on any atom is 0.240 e. The van der Waals surface area contributed by atoms with Gasteiger partial charge in [-0.1, -0.05) is 6.07 Å². The van der Waals surface area contributed by atoms with Crippen LogP contribution >= 0.6 is 0 Å². The molecular formula is C10H9N3O. The molecule has 4 nitrogen and oxygen atoms in total. The molecule has 0 aromatic heterocycles. The van der Waals surface area contributed by atoms with E-state index in [4.69, 9.17) is 5.26 Å². The number of carbonyl (C=O) groups excluding carboxylic acids is 1. The monoisotopic (exact) mass is 187 g/mol. The predicted octanol–water partition coefficient (Wildman–Crippen LogP) is 0.800. The molecule has 1 heterocycles. The van der Waals surface area contributed by atoms with Gasteiger partial charge in [0.05, 0.1) is 17.3 Å². The van der Waals surface area contributed by atoms with Gasteiger partial charge in [0.2, 0.25) is 5.91 Å². The highest BCUT2D eigenvalue weighted by Gasteiger charge is 2.18. The Labute approximate surface area is 81.7 Å². The zero-order chi connectivity index (χ0) is 9.97. The van der Waals surface area contributed by atoms with Crippen LogP contribution in [-0.4, -0.2) is 12.5 Å². The number of hydrazine groups is 1. The lowest BCUT2D eigenvalue weighted by molar-refractivity contribution is -0.119. The fraction of sp³-hybridized carbons (Fsp3) is 0.200. The normalized spacial score (nSPS) is 15.1. The SMILES string of the molecule is N#Cc1cccc(N2CCC(=O)N2)c1. The molecule has 2 rings (SSSR count). The molecule has 0 bridgehead atoms. The van der Waals surface area contributed by atoms with E-state index in [0.717, 1.165) is 5.69 Å². The van der Waals surface area contributed by atoms with Gasteiger partial charge >= 0.3 is 0 Å². The van der Waals surface area contributed by atoms with Crippen molar-refractivity contribution >= 4 is 11.6 Å². The second-order valence-electron chi connectivity index (χ2n) is 3.10. The van der Waals surface area contributed by atoms with Gasteiger partial charge in [-0.25, -0.2) is 0 Å². The fourth-order valence-electron chi connectivity index (χ4n) is 1.41. The molecule has 4 heteroatoms.